The molecule has 0 radical (unpaired) electrons. The Kier molecular flexibility index (Phi) is 5.85. The molecule has 2 N–H and O–H groups in total. The minimum Gasteiger partial charge on any atom is -0.407 e. The molecular formula is C11H22N4O. The van der Waals surface area contributed by atoms with Crippen LogP contribution in [0, 0.1) is 5.92 Å². The van der Waals surface area contributed by atoms with E-state index in [0.29, 0.717) is 24.4 Å². The zero-order valence-electron chi connectivity index (χ0n) is 10.4. The van der Waals surface area contributed by atoms with Crippen LogP contribution < -0.4 is 10.6 Å². The van der Waals surface area contributed by atoms with Crippen LogP contribution in [0.1, 0.15) is 39.5 Å². The summed E-state index contributed by atoms with van der Waals surface area (Å²) in [5.41, 5.74) is 0. The topological polar surface area (TPSA) is 63.0 Å². The fourth-order valence-electron chi connectivity index (χ4n) is 1.24. The zero-order chi connectivity index (χ0) is 11.8. The van der Waals surface area contributed by atoms with E-state index in [2.05, 4.69) is 41.6 Å². The standard InChI is InChI=1S/C11H22N4O/c1-4-5-6-13-11-15-14-10(16-11)8-12-7-9(2)3/h9,12H,4-8H2,1-3H3,(H,13,15). The molecule has 92 valence electrons. The number of hydrogen-bond donors (Lipinski definition) is 2. The average molecular weight is 226 g/mol. The molecule has 0 spiro atoms. The quantitative estimate of drug-likeness (QED) is 0.664. The Morgan fingerprint density at radius 2 is 2.12 bits per heavy atom. The van der Waals surface area contributed by atoms with Gasteiger partial charge in [0.15, 0.2) is 0 Å². The van der Waals surface area contributed by atoms with Crippen LogP contribution in [0.5, 0.6) is 0 Å². The highest BCUT2D eigenvalue weighted by Gasteiger charge is 2.04. The van der Waals surface area contributed by atoms with E-state index in [1.165, 1.54) is 0 Å². The van der Waals surface area contributed by atoms with Gasteiger partial charge in [-0.15, -0.1) is 5.10 Å². The fourth-order valence-corrected chi connectivity index (χ4v) is 1.24. The van der Waals surface area contributed by atoms with Gasteiger partial charge in [-0.2, -0.15) is 0 Å². The number of nitrogens with zero attached hydrogens (tertiary/aromatic N) is 2. The van der Waals surface area contributed by atoms with E-state index in [9.17, 15) is 0 Å². The molecule has 5 nitrogen and oxygen atoms in total. The lowest BCUT2D eigenvalue weighted by Gasteiger charge is -2.03. The summed E-state index contributed by atoms with van der Waals surface area (Å²) in [6.45, 7) is 8.97. The smallest absolute Gasteiger partial charge is 0.315 e. The summed E-state index contributed by atoms with van der Waals surface area (Å²) >= 11 is 0. The van der Waals surface area contributed by atoms with Crippen LogP contribution >= 0.6 is 0 Å². The first kappa shape index (κ1) is 13.0. The van der Waals surface area contributed by atoms with E-state index in [1.807, 2.05) is 0 Å². The monoisotopic (exact) mass is 226 g/mol. The van der Waals surface area contributed by atoms with Crippen molar-refractivity contribution in [2.75, 3.05) is 18.4 Å². The summed E-state index contributed by atoms with van der Waals surface area (Å²) in [6.07, 6.45) is 2.27. The molecule has 0 saturated carbocycles. The summed E-state index contributed by atoms with van der Waals surface area (Å²) in [7, 11) is 0. The summed E-state index contributed by atoms with van der Waals surface area (Å²) in [6, 6.07) is 0.523. The molecular weight excluding hydrogens is 204 g/mol. The van der Waals surface area contributed by atoms with Crippen LogP contribution in [-0.4, -0.2) is 23.3 Å². The van der Waals surface area contributed by atoms with Gasteiger partial charge in [-0.3, -0.25) is 0 Å². The molecule has 0 aliphatic heterocycles. The van der Waals surface area contributed by atoms with Crippen molar-refractivity contribution in [2.45, 2.75) is 40.2 Å². The third kappa shape index (κ3) is 5.11. The van der Waals surface area contributed by atoms with Crippen LogP contribution in [0.15, 0.2) is 4.42 Å². The predicted molar refractivity (Wildman–Crippen MR) is 64.2 cm³/mol. The summed E-state index contributed by atoms with van der Waals surface area (Å²) < 4.78 is 5.42. The summed E-state index contributed by atoms with van der Waals surface area (Å²) in [5, 5.41) is 14.2. The number of unbranched alkanes of at least 4 members (excludes halogenated alkanes) is 1. The van der Waals surface area contributed by atoms with Gasteiger partial charge >= 0.3 is 6.01 Å². The second-order valence-electron chi connectivity index (χ2n) is 4.31. The van der Waals surface area contributed by atoms with Gasteiger partial charge in [-0.05, 0) is 18.9 Å². The van der Waals surface area contributed by atoms with Gasteiger partial charge in [0.1, 0.15) is 0 Å². The molecule has 0 bridgehead atoms. The molecule has 0 unspecified atom stereocenters. The molecule has 1 rings (SSSR count). The van der Waals surface area contributed by atoms with E-state index < -0.39 is 0 Å². The SMILES string of the molecule is CCCCNc1nnc(CNCC(C)C)o1. The van der Waals surface area contributed by atoms with Gasteiger partial charge in [-0.25, -0.2) is 0 Å². The number of aromatic nitrogens is 2. The average Bonchev–Trinajstić information content (AvgIpc) is 2.66. The van der Waals surface area contributed by atoms with Gasteiger partial charge < -0.3 is 15.1 Å². The Balaban J connectivity index is 2.22. The van der Waals surface area contributed by atoms with E-state index >= 15 is 0 Å². The molecule has 0 aliphatic rings. The molecule has 1 aromatic rings. The van der Waals surface area contributed by atoms with Crippen LogP contribution in [0.4, 0.5) is 6.01 Å². The molecule has 5 heteroatoms. The Morgan fingerprint density at radius 1 is 1.31 bits per heavy atom. The van der Waals surface area contributed by atoms with Crippen molar-refractivity contribution in [2.24, 2.45) is 5.92 Å². The first-order chi connectivity index (χ1) is 7.72. The summed E-state index contributed by atoms with van der Waals surface area (Å²) in [4.78, 5) is 0. The van der Waals surface area contributed by atoms with Crippen LogP contribution in [-0.2, 0) is 6.54 Å². The van der Waals surface area contributed by atoms with E-state index in [0.717, 1.165) is 25.9 Å². The zero-order valence-corrected chi connectivity index (χ0v) is 10.4. The van der Waals surface area contributed by atoms with Gasteiger partial charge in [0.05, 0.1) is 6.54 Å². The van der Waals surface area contributed by atoms with E-state index in [-0.39, 0.29) is 0 Å². The maximum Gasteiger partial charge on any atom is 0.315 e. The molecule has 0 aromatic carbocycles. The molecule has 0 amide bonds. The minimum absolute atomic E-state index is 0.523. The molecule has 16 heavy (non-hydrogen) atoms. The Hall–Kier alpha value is -1.10. The molecule has 1 heterocycles. The fraction of sp³-hybridized carbons (Fsp3) is 0.818. The van der Waals surface area contributed by atoms with Crippen molar-refractivity contribution in [1.29, 1.82) is 0 Å². The van der Waals surface area contributed by atoms with E-state index in [1.54, 1.807) is 0 Å². The van der Waals surface area contributed by atoms with Crippen molar-refractivity contribution < 1.29 is 4.42 Å². The van der Waals surface area contributed by atoms with Crippen LogP contribution in [0.25, 0.3) is 0 Å². The van der Waals surface area contributed by atoms with Crippen LogP contribution in [0.2, 0.25) is 0 Å². The third-order valence-corrected chi connectivity index (χ3v) is 2.10. The van der Waals surface area contributed by atoms with Crippen molar-refractivity contribution in [3.05, 3.63) is 5.89 Å². The minimum atomic E-state index is 0.523. The Labute approximate surface area is 97.0 Å². The van der Waals surface area contributed by atoms with Crippen LogP contribution in [0.3, 0.4) is 0 Å². The number of anilines is 1. The Morgan fingerprint density at radius 3 is 2.81 bits per heavy atom. The second-order valence-corrected chi connectivity index (χ2v) is 4.31. The molecule has 0 aliphatic carbocycles. The summed E-state index contributed by atoms with van der Waals surface area (Å²) in [5.74, 6) is 1.27. The first-order valence-corrected chi connectivity index (χ1v) is 5.99. The third-order valence-electron chi connectivity index (χ3n) is 2.10. The first-order valence-electron chi connectivity index (χ1n) is 5.99. The molecule has 0 saturated heterocycles. The Bertz CT molecular complexity index is 285. The lowest BCUT2D eigenvalue weighted by atomic mass is 10.2. The normalized spacial score (nSPS) is 11.0. The van der Waals surface area contributed by atoms with Gasteiger partial charge in [0.2, 0.25) is 5.89 Å². The van der Waals surface area contributed by atoms with E-state index in [4.69, 9.17) is 4.42 Å². The molecule has 0 atom stereocenters. The van der Waals surface area contributed by atoms with Crippen molar-refractivity contribution in [1.82, 2.24) is 15.5 Å². The molecule has 0 fully saturated rings. The van der Waals surface area contributed by atoms with Crippen molar-refractivity contribution in [3.8, 4) is 0 Å². The van der Waals surface area contributed by atoms with Gasteiger partial charge in [0, 0.05) is 6.54 Å². The highest BCUT2D eigenvalue weighted by atomic mass is 16.4. The highest BCUT2D eigenvalue weighted by molar-refractivity contribution is 5.16. The lowest BCUT2D eigenvalue weighted by Crippen LogP contribution is -2.19. The maximum absolute atomic E-state index is 5.42. The van der Waals surface area contributed by atoms with Gasteiger partial charge in [0.25, 0.3) is 0 Å². The largest absolute Gasteiger partial charge is 0.407 e. The lowest BCUT2D eigenvalue weighted by molar-refractivity contribution is 0.458. The van der Waals surface area contributed by atoms with Crippen molar-refractivity contribution in [3.63, 3.8) is 0 Å². The number of rotatable bonds is 8. The maximum atomic E-state index is 5.42. The highest BCUT2D eigenvalue weighted by Crippen LogP contribution is 2.05. The van der Waals surface area contributed by atoms with Crippen molar-refractivity contribution >= 4 is 6.01 Å². The predicted octanol–water partition coefficient (Wildman–Crippen LogP) is 2.03. The number of nitrogens with one attached hydrogen (secondary N) is 2. The van der Waals surface area contributed by atoms with Gasteiger partial charge in [-0.1, -0.05) is 32.3 Å². The second kappa shape index (κ2) is 7.22. The number of hydrogen-bond acceptors (Lipinski definition) is 5. The molecule has 1 aromatic heterocycles.